The third-order valence-corrected chi connectivity index (χ3v) is 12.7. The SMILES string of the molecule is CC(C)=CCC/C(C)=C/CC/C(C)=C/CC/C(C)=C/CC/C(C)=C/CC/C(C)=C/CC/C(C)=C/CC/C(C)=C/CC/C(C)=C/CC/C(C)=C/COP(=O)(O)O[C@@H]1O[C@H](CO)[C@@H](O)[C@@H]1F. The van der Waals surface area contributed by atoms with Crippen molar-refractivity contribution in [1.82, 2.24) is 0 Å². The Kier molecular flexibility index (Phi) is 32.1. The number of hydrogen-bond acceptors (Lipinski definition) is 6. The average Bonchev–Trinajstić information content (AvgIpc) is 3.47. The predicted molar refractivity (Wildman–Crippen MR) is 270 cm³/mol. The summed E-state index contributed by atoms with van der Waals surface area (Å²) in [5, 5.41) is 18.8. The number of allylic oxidation sites excluding steroid dienone is 19. The first-order chi connectivity index (χ1) is 30.3. The summed E-state index contributed by atoms with van der Waals surface area (Å²) in [6, 6.07) is 0. The molecule has 1 aliphatic rings. The monoisotopic (exact) mass is 913 g/mol. The van der Waals surface area contributed by atoms with Gasteiger partial charge in [-0.15, -0.1) is 0 Å². The van der Waals surface area contributed by atoms with E-state index < -0.39 is 39.1 Å². The molecule has 9 heteroatoms. The minimum Gasteiger partial charge on any atom is -0.394 e. The van der Waals surface area contributed by atoms with Crippen molar-refractivity contribution in [1.29, 1.82) is 0 Å². The fourth-order valence-electron chi connectivity index (χ4n) is 7.24. The molecule has 0 spiro atoms. The van der Waals surface area contributed by atoms with Crippen LogP contribution >= 0.6 is 7.82 Å². The van der Waals surface area contributed by atoms with Gasteiger partial charge in [-0.25, -0.2) is 8.96 Å². The molecule has 0 aromatic rings. The Labute approximate surface area is 390 Å². The van der Waals surface area contributed by atoms with Gasteiger partial charge in [0, 0.05) is 0 Å². The van der Waals surface area contributed by atoms with Crippen LogP contribution in [0, 0.1) is 0 Å². The maximum absolute atomic E-state index is 14.1. The van der Waals surface area contributed by atoms with Gasteiger partial charge in [-0.2, -0.15) is 0 Å². The highest BCUT2D eigenvalue weighted by molar-refractivity contribution is 7.47. The molecule has 1 fully saturated rings. The molecule has 64 heavy (non-hydrogen) atoms. The maximum Gasteiger partial charge on any atom is 0.474 e. The highest BCUT2D eigenvalue weighted by Crippen LogP contribution is 2.47. The molecule has 0 amide bonds. The van der Waals surface area contributed by atoms with Gasteiger partial charge in [0.05, 0.1) is 13.2 Å². The van der Waals surface area contributed by atoms with E-state index in [9.17, 15) is 19.0 Å². The van der Waals surface area contributed by atoms with Crippen LogP contribution in [0.1, 0.15) is 192 Å². The summed E-state index contributed by atoms with van der Waals surface area (Å²) in [5.74, 6) is 0. The zero-order valence-electron chi connectivity index (χ0n) is 42.0. The Morgan fingerprint density at radius 1 is 0.500 bits per heavy atom. The highest BCUT2D eigenvalue weighted by Gasteiger charge is 2.47. The second-order valence-corrected chi connectivity index (χ2v) is 20.0. The number of ether oxygens (including phenoxy) is 1. The van der Waals surface area contributed by atoms with Crippen molar-refractivity contribution >= 4 is 7.82 Å². The molecule has 3 N–H and O–H groups in total. The molecule has 5 atom stereocenters. The van der Waals surface area contributed by atoms with E-state index in [0.717, 1.165) is 108 Å². The molecule has 0 bridgehead atoms. The van der Waals surface area contributed by atoms with E-state index in [1.54, 1.807) is 6.08 Å². The third kappa shape index (κ3) is 30.5. The quantitative estimate of drug-likeness (QED) is 0.0445. The lowest BCUT2D eigenvalue weighted by Crippen LogP contribution is -2.31. The van der Waals surface area contributed by atoms with Crippen LogP contribution in [0.4, 0.5) is 4.39 Å². The minimum absolute atomic E-state index is 0.194. The Morgan fingerprint density at radius 2 is 0.766 bits per heavy atom. The molecule has 1 heterocycles. The van der Waals surface area contributed by atoms with Gasteiger partial charge in [-0.05, 0) is 192 Å². The normalized spacial score (nSPS) is 21.2. The summed E-state index contributed by atoms with van der Waals surface area (Å²) >= 11 is 0. The van der Waals surface area contributed by atoms with Gasteiger partial charge in [0.2, 0.25) is 6.29 Å². The summed E-state index contributed by atoms with van der Waals surface area (Å²) in [6.45, 7) is 23.4. The Morgan fingerprint density at radius 3 is 1.02 bits per heavy atom. The zero-order valence-corrected chi connectivity index (χ0v) is 42.9. The smallest absolute Gasteiger partial charge is 0.394 e. The second kappa shape index (κ2) is 34.6. The van der Waals surface area contributed by atoms with Crippen molar-refractivity contribution in [3.63, 3.8) is 0 Å². The van der Waals surface area contributed by atoms with Gasteiger partial charge in [-0.3, -0.25) is 9.05 Å². The fourth-order valence-corrected chi connectivity index (χ4v) is 7.99. The summed E-state index contributed by atoms with van der Waals surface area (Å²) in [4.78, 5) is 9.92. The first kappa shape index (κ1) is 59.3. The molecule has 1 aliphatic heterocycles. The molecule has 1 rings (SSSR count). The van der Waals surface area contributed by atoms with E-state index in [-0.39, 0.29) is 6.61 Å². The number of aliphatic hydroxyl groups is 2. The first-order valence-corrected chi connectivity index (χ1v) is 25.6. The zero-order chi connectivity index (χ0) is 47.9. The van der Waals surface area contributed by atoms with Crippen molar-refractivity contribution in [3.05, 3.63) is 116 Å². The van der Waals surface area contributed by atoms with E-state index in [4.69, 9.17) is 18.9 Å². The molecule has 0 radical (unpaired) electrons. The number of hydrogen-bond donors (Lipinski definition) is 3. The minimum atomic E-state index is -4.63. The van der Waals surface area contributed by atoms with Crippen molar-refractivity contribution in [3.8, 4) is 0 Å². The second-order valence-electron chi connectivity index (χ2n) is 18.6. The van der Waals surface area contributed by atoms with E-state index in [0.29, 0.717) is 0 Å². The molecule has 0 aromatic heterocycles. The highest BCUT2D eigenvalue weighted by atomic mass is 31.2. The van der Waals surface area contributed by atoms with Gasteiger partial charge in [0.15, 0.2) is 6.17 Å². The van der Waals surface area contributed by atoms with Gasteiger partial charge in [-0.1, -0.05) is 116 Å². The lowest BCUT2D eigenvalue weighted by Gasteiger charge is -2.17. The molecule has 0 saturated carbocycles. The number of rotatable bonds is 33. The van der Waals surface area contributed by atoms with Crippen LogP contribution in [0.15, 0.2) is 116 Å². The molecule has 364 valence electrons. The number of halogens is 1. The van der Waals surface area contributed by atoms with Crippen LogP contribution in [0.2, 0.25) is 0 Å². The number of alkyl halides is 1. The van der Waals surface area contributed by atoms with Gasteiger partial charge in [0.1, 0.15) is 12.2 Å². The number of phosphoric acid groups is 1. The molecule has 7 nitrogen and oxygen atoms in total. The van der Waals surface area contributed by atoms with E-state index >= 15 is 0 Å². The van der Waals surface area contributed by atoms with Crippen LogP contribution in [0.3, 0.4) is 0 Å². The summed E-state index contributed by atoms with van der Waals surface area (Å²) in [7, 11) is -4.63. The predicted octanol–water partition coefficient (Wildman–Crippen LogP) is 16.0. The molecule has 1 saturated heterocycles. The summed E-state index contributed by atoms with van der Waals surface area (Å²) in [6.07, 6.45) is 35.9. The first-order valence-electron chi connectivity index (χ1n) is 24.1. The Bertz CT molecular complexity index is 1720. The summed E-state index contributed by atoms with van der Waals surface area (Å²) < 4.78 is 40.9. The van der Waals surface area contributed by atoms with Gasteiger partial charge < -0.3 is 19.8 Å². The van der Waals surface area contributed by atoms with Crippen molar-refractivity contribution < 1.29 is 37.8 Å². The maximum atomic E-state index is 14.1. The van der Waals surface area contributed by atoms with Crippen molar-refractivity contribution in [2.45, 2.75) is 216 Å². The van der Waals surface area contributed by atoms with E-state index in [2.05, 4.69) is 124 Å². The van der Waals surface area contributed by atoms with Crippen LogP contribution in [0.25, 0.3) is 0 Å². The average molecular weight is 913 g/mol. The Hall–Kier alpha value is -2.68. The third-order valence-electron chi connectivity index (χ3n) is 11.7. The Balaban J connectivity index is 2.25. The molecular formula is C55H90FO7P. The van der Waals surface area contributed by atoms with Crippen LogP contribution < -0.4 is 0 Å². The molecular weight excluding hydrogens is 823 g/mol. The van der Waals surface area contributed by atoms with Crippen LogP contribution in [-0.2, 0) is 18.3 Å². The summed E-state index contributed by atoms with van der Waals surface area (Å²) in [5.41, 5.74) is 14.1. The van der Waals surface area contributed by atoms with Crippen LogP contribution in [0.5, 0.6) is 0 Å². The molecule has 0 aliphatic carbocycles. The topological polar surface area (TPSA) is 105 Å². The standard InChI is InChI=1S/C55H90FO7P/c1-42(2)21-12-22-43(3)23-13-24-44(4)25-14-26-45(5)27-15-28-46(6)29-16-30-47(7)31-17-32-48(8)33-18-34-49(9)35-19-36-50(10)37-20-38-51(11)39-40-61-64(59,60)63-55-53(56)54(58)52(41-57)62-55/h21,23,25,27,29,31,33,35,37,39,52-55,57-58H,12-20,22,24,26,28,30,32,34,36,38,40-41H2,1-11H3,(H,59,60)/b43-23+,44-25+,45-27+,46-29+,47-31+,48-33+,49-35+,50-37+,51-39+/t52-,53+,54-,55+/m1/s1. The lowest BCUT2D eigenvalue weighted by atomic mass is 10.0. The molecule has 0 aromatic carbocycles. The van der Waals surface area contributed by atoms with Crippen molar-refractivity contribution in [2.24, 2.45) is 0 Å². The molecule has 1 unspecified atom stereocenters. The van der Waals surface area contributed by atoms with Gasteiger partial charge >= 0.3 is 7.82 Å². The largest absolute Gasteiger partial charge is 0.474 e. The lowest BCUT2D eigenvalue weighted by molar-refractivity contribution is -0.116. The van der Waals surface area contributed by atoms with E-state index in [1.807, 2.05) is 6.92 Å². The number of aliphatic hydroxyl groups excluding tert-OH is 2. The number of phosphoric ester groups is 1. The fraction of sp³-hybridized carbons (Fsp3) is 0.636. The van der Waals surface area contributed by atoms with E-state index in [1.165, 1.54) is 63.0 Å². The van der Waals surface area contributed by atoms with Crippen molar-refractivity contribution in [2.75, 3.05) is 13.2 Å². The van der Waals surface area contributed by atoms with Gasteiger partial charge in [0.25, 0.3) is 0 Å². The van der Waals surface area contributed by atoms with Crippen LogP contribution in [-0.4, -0.2) is 53.0 Å².